The maximum Gasteiger partial charge on any atom is 0.0631 e. The standard InChI is InChI=1S/C16H14Br2N2/c1-10-6-13(17)16(14(18)7-10)20-9-11-2-3-12-4-5-19-15(12)8-11/h2-8,19-20H,9H2,1H3. The maximum atomic E-state index is 3.61. The van der Waals surface area contributed by atoms with E-state index in [0.29, 0.717) is 0 Å². The minimum absolute atomic E-state index is 0.787. The molecular formula is C16H14Br2N2. The first-order valence-electron chi connectivity index (χ1n) is 6.39. The van der Waals surface area contributed by atoms with Gasteiger partial charge in [0.2, 0.25) is 0 Å². The Morgan fingerprint density at radius 1 is 1.05 bits per heavy atom. The highest BCUT2D eigenvalue weighted by molar-refractivity contribution is 9.11. The molecule has 0 bridgehead atoms. The molecule has 1 heterocycles. The first-order chi connectivity index (χ1) is 9.63. The minimum atomic E-state index is 0.787. The van der Waals surface area contributed by atoms with Gasteiger partial charge < -0.3 is 10.3 Å². The Hall–Kier alpha value is -1.26. The number of hydrogen-bond acceptors (Lipinski definition) is 1. The molecule has 1 aromatic heterocycles. The summed E-state index contributed by atoms with van der Waals surface area (Å²) in [6.45, 7) is 2.87. The second kappa shape index (κ2) is 5.62. The fourth-order valence-electron chi connectivity index (χ4n) is 2.26. The van der Waals surface area contributed by atoms with Crippen molar-refractivity contribution in [1.82, 2.24) is 4.98 Å². The molecule has 0 atom stereocenters. The number of hydrogen-bond donors (Lipinski definition) is 2. The molecule has 0 amide bonds. The Balaban J connectivity index is 1.82. The van der Waals surface area contributed by atoms with Gasteiger partial charge in [-0.25, -0.2) is 0 Å². The monoisotopic (exact) mass is 392 g/mol. The summed E-state index contributed by atoms with van der Waals surface area (Å²) in [5, 5.41) is 4.72. The number of fused-ring (bicyclic) bond motifs is 1. The Labute approximate surface area is 134 Å². The van der Waals surface area contributed by atoms with Crippen LogP contribution in [0.4, 0.5) is 5.69 Å². The molecule has 3 rings (SSSR count). The molecule has 0 aliphatic rings. The van der Waals surface area contributed by atoms with Crippen LogP contribution >= 0.6 is 31.9 Å². The lowest BCUT2D eigenvalue weighted by Gasteiger charge is -2.12. The van der Waals surface area contributed by atoms with Crippen LogP contribution in [-0.2, 0) is 6.54 Å². The van der Waals surface area contributed by atoms with Gasteiger partial charge in [-0.2, -0.15) is 0 Å². The van der Waals surface area contributed by atoms with Crippen LogP contribution in [0, 0.1) is 6.92 Å². The fraction of sp³-hybridized carbons (Fsp3) is 0.125. The summed E-state index contributed by atoms with van der Waals surface area (Å²) in [6, 6.07) is 12.8. The van der Waals surface area contributed by atoms with Gasteiger partial charge in [-0.05, 0) is 79.6 Å². The summed E-state index contributed by atoms with van der Waals surface area (Å²) < 4.78 is 2.15. The van der Waals surface area contributed by atoms with Crippen molar-refractivity contribution in [2.75, 3.05) is 5.32 Å². The van der Waals surface area contributed by atoms with Crippen molar-refractivity contribution in [2.24, 2.45) is 0 Å². The summed E-state index contributed by atoms with van der Waals surface area (Å²) in [4.78, 5) is 3.24. The summed E-state index contributed by atoms with van der Waals surface area (Å²) in [6.07, 6.45) is 1.97. The van der Waals surface area contributed by atoms with Crippen molar-refractivity contribution in [3.63, 3.8) is 0 Å². The van der Waals surface area contributed by atoms with E-state index in [0.717, 1.165) is 21.2 Å². The Bertz CT molecular complexity index is 739. The number of nitrogens with one attached hydrogen (secondary N) is 2. The third-order valence-electron chi connectivity index (χ3n) is 3.28. The van der Waals surface area contributed by atoms with Gasteiger partial charge in [0.15, 0.2) is 0 Å². The highest BCUT2D eigenvalue weighted by atomic mass is 79.9. The fourth-order valence-corrected chi connectivity index (χ4v) is 3.96. The first kappa shape index (κ1) is 13.7. The average molecular weight is 394 g/mol. The second-order valence-corrected chi connectivity index (χ2v) is 6.57. The summed E-state index contributed by atoms with van der Waals surface area (Å²) in [5.74, 6) is 0. The number of benzene rings is 2. The van der Waals surface area contributed by atoms with Gasteiger partial charge in [-0.3, -0.25) is 0 Å². The highest BCUT2D eigenvalue weighted by Crippen LogP contribution is 2.32. The van der Waals surface area contributed by atoms with Crippen LogP contribution in [0.15, 0.2) is 51.5 Å². The predicted molar refractivity (Wildman–Crippen MR) is 92.2 cm³/mol. The molecule has 0 radical (unpaired) electrons. The van der Waals surface area contributed by atoms with E-state index in [2.05, 4.69) is 85.5 Å². The quantitative estimate of drug-likeness (QED) is 0.594. The number of rotatable bonds is 3. The summed E-state index contributed by atoms with van der Waals surface area (Å²) in [7, 11) is 0. The molecule has 0 aliphatic carbocycles. The largest absolute Gasteiger partial charge is 0.379 e. The molecule has 2 nitrogen and oxygen atoms in total. The van der Waals surface area contributed by atoms with Crippen LogP contribution in [0.1, 0.15) is 11.1 Å². The van der Waals surface area contributed by atoms with E-state index in [4.69, 9.17) is 0 Å². The van der Waals surface area contributed by atoms with Crippen LogP contribution in [-0.4, -0.2) is 4.98 Å². The average Bonchev–Trinajstić information content (AvgIpc) is 2.84. The molecule has 0 saturated carbocycles. The lowest BCUT2D eigenvalue weighted by molar-refractivity contribution is 1.14. The Kier molecular flexibility index (Phi) is 3.85. The molecule has 2 aromatic carbocycles. The second-order valence-electron chi connectivity index (χ2n) is 4.86. The molecule has 20 heavy (non-hydrogen) atoms. The number of halogens is 2. The number of anilines is 1. The minimum Gasteiger partial charge on any atom is -0.379 e. The van der Waals surface area contributed by atoms with Gasteiger partial charge in [0, 0.05) is 27.2 Å². The lowest BCUT2D eigenvalue weighted by atomic mass is 10.1. The van der Waals surface area contributed by atoms with Crippen LogP contribution < -0.4 is 5.32 Å². The molecule has 3 aromatic rings. The zero-order valence-electron chi connectivity index (χ0n) is 11.0. The van der Waals surface area contributed by atoms with E-state index in [1.165, 1.54) is 22.0 Å². The van der Waals surface area contributed by atoms with Crippen molar-refractivity contribution in [3.8, 4) is 0 Å². The molecule has 0 saturated heterocycles. The van der Waals surface area contributed by atoms with E-state index >= 15 is 0 Å². The topological polar surface area (TPSA) is 27.8 Å². The zero-order chi connectivity index (χ0) is 14.1. The molecule has 0 fully saturated rings. The molecule has 4 heteroatoms. The highest BCUT2D eigenvalue weighted by Gasteiger charge is 2.06. The van der Waals surface area contributed by atoms with Gasteiger partial charge >= 0.3 is 0 Å². The number of H-pyrrole nitrogens is 1. The molecule has 2 N–H and O–H groups in total. The number of aryl methyl sites for hydroxylation is 1. The van der Waals surface area contributed by atoms with E-state index in [1.807, 2.05) is 6.20 Å². The molecule has 0 unspecified atom stereocenters. The number of aromatic nitrogens is 1. The smallest absolute Gasteiger partial charge is 0.0631 e. The summed E-state index contributed by atoms with van der Waals surface area (Å²) in [5.41, 5.74) is 4.73. The Morgan fingerprint density at radius 2 is 1.80 bits per heavy atom. The van der Waals surface area contributed by atoms with Crippen LogP contribution in [0.2, 0.25) is 0 Å². The third-order valence-corrected chi connectivity index (χ3v) is 4.53. The zero-order valence-corrected chi connectivity index (χ0v) is 14.2. The predicted octanol–water partition coefficient (Wildman–Crippen LogP) is 5.61. The van der Waals surface area contributed by atoms with Crippen molar-refractivity contribution in [3.05, 3.63) is 62.7 Å². The van der Waals surface area contributed by atoms with Crippen molar-refractivity contribution >= 4 is 48.5 Å². The van der Waals surface area contributed by atoms with Gasteiger partial charge in [0.05, 0.1) is 5.69 Å². The normalized spacial score (nSPS) is 10.9. The summed E-state index contributed by atoms with van der Waals surface area (Å²) >= 11 is 7.21. The van der Waals surface area contributed by atoms with Crippen molar-refractivity contribution in [1.29, 1.82) is 0 Å². The first-order valence-corrected chi connectivity index (χ1v) is 7.97. The number of aromatic amines is 1. The molecular weight excluding hydrogens is 380 g/mol. The maximum absolute atomic E-state index is 3.61. The van der Waals surface area contributed by atoms with Crippen LogP contribution in [0.3, 0.4) is 0 Å². The van der Waals surface area contributed by atoms with Gasteiger partial charge in [-0.1, -0.05) is 12.1 Å². The van der Waals surface area contributed by atoms with Gasteiger partial charge in [0.1, 0.15) is 0 Å². The van der Waals surface area contributed by atoms with E-state index in [9.17, 15) is 0 Å². The third kappa shape index (κ3) is 2.76. The Morgan fingerprint density at radius 3 is 2.55 bits per heavy atom. The van der Waals surface area contributed by atoms with E-state index in [-0.39, 0.29) is 0 Å². The van der Waals surface area contributed by atoms with E-state index < -0.39 is 0 Å². The van der Waals surface area contributed by atoms with Gasteiger partial charge in [-0.15, -0.1) is 0 Å². The molecule has 0 aliphatic heterocycles. The SMILES string of the molecule is Cc1cc(Br)c(NCc2ccc3cc[nH]c3c2)c(Br)c1. The molecule has 102 valence electrons. The lowest BCUT2D eigenvalue weighted by Crippen LogP contribution is -2.01. The molecule has 0 spiro atoms. The van der Waals surface area contributed by atoms with Crippen LogP contribution in [0.25, 0.3) is 10.9 Å². The van der Waals surface area contributed by atoms with Gasteiger partial charge in [0.25, 0.3) is 0 Å². The van der Waals surface area contributed by atoms with Crippen molar-refractivity contribution < 1.29 is 0 Å². The van der Waals surface area contributed by atoms with E-state index in [1.54, 1.807) is 0 Å². The van der Waals surface area contributed by atoms with Crippen LogP contribution in [0.5, 0.6) is 0 Å². The van der Waals surface area contributed by atoms with Crippen molar-refractivity contribution in [2.45, 2.75) is 13.5 Å².